The molecule has 0 aromatic heterocycles. The first-order chi connectivity index (χ1) is 13.6. The van der Waals surface area contributed by atoms with E-state index >= 15 is 0 Å². The molecule has 4 nitrogen and oxygen atoms in total. The van der Waals surface area contributed by atoms with Crippen LogP contribution in [0.3, 0.4) is 0 Å². The van der Waals surface area contributed by atoms with Crippen LogP contribution in [0.2, 0.25) is 0 Å². The summed E-state index contributed by atoms with van der Waals surface area (Å²) >= 11 is 5.17. The van der Waals surface area contributed by atoms with Gasteiger partial charge in [0, 0.05) is 23.1 Å². The molecule has 3 aromatic rings. The molecule has 3 aromatic carbocycles. The van der Waals surface area contributed by atoms with Gasteiger partial charge < -0.3 is 10.2 Å². The molecule has 0 heterocycles. The second kappa shape index (κ2) is 9.67. The zero-order valence-corrected chi connectivity index (χ0v) is 16.9. The van der Waals surface area contributed by atoms with Crippen LogP contribution in [0.1, 0.15) is 19.4 Å². The fraction of sp³-hybridized carbons (Fsp3) is 0.130. The summed E-state index contributed by atoms with van der Waals surface area (Å²) < 4.78 is 0. The Balaban J connectivity index is 1.78. The Morgan fingerprint density at radius 1 is 0.821 bits per heavy atom. The summed E-state index contributed by atoms with van der Waals surface area (Å²) in [5.41, 5.74) is 7.13. The molecule has 0 aliphatic rings. The van der Waals surface area contributed by atoms with Crippen molar-refractivity contribution in [2.45, 2.75) is 19.9 Å². The van der Waals surface area contributed by atoms with Crippen LogP contribution in [0, 0.1) is 0 Å². The average molecular weight is 389 g/mol. The predicted molar refractivity (Wildman–Crippen MR) is 123 cm³/mol. The zero-order valence-electron chi connectivity index (χ0n) is 16.0. The van der Waals surface area contributed by atoms with Crippen molar-refractivity contribution in [2.24, 2.45) is 5.10 Å². The SMILES string of the molecule is CC(C)NC(=S)N/N=C\c1ccc(N(c2ccccc2)c2ccccc2)cc1. The molecule has 0 bridgehead atoms. The highest BCUT2D eigenvalue weighted by Gasteiger charge is 2.11. The van der Waals surface area contributed by atoms with Crippen LogP contribution in [-0.2, 0) is 0 Å². The number of hydrogen-bond donors (Lipinski definition) is 2. The minimum Gasteiger partial charge on any atom is -0.359 e. The zero-order chi connectivity index (χ0) is 19.8. The van der Waals surface area contributed by atoms with Gasteiger partial charge in [-0.3, -0.25) is 5.43 Å². The lowest BCUT2D eigenvalue weighted by atomic mass is 10.1. The monoisotopic (exact) mass is 388 g/mol. The van der Waals surface area contributed by atoms with E-state index in [0.29, 0.717) is 5.11 Å². The summed E-state index contributed by atoms with van der Waals surface area (Å²) in [6.45, 7) is 4.06. The Morgan fingerprint density at radius 2 is 1.32 bits per heavy atom. The number of nitrogens with zero attached hydrogens (tertiary/aromatic N) is 2. The maximum atomic E-state index is 5.17. The molecular formula is C23H24N4S. The van der Waals surface area contributed by atoms with E-state index in [0.717, 1.165) is 22.6 Å². The van der Waals surface area contributed by atoms with Gasteiger partial charge in [-0.2, -0.15) is 5.10 Å². The number of hydrogen-bond acceptors (Lipinski definition) is 3. The molecule has 0 unspecified atom stereocenters. The van der Waals surface area contributed by atoms with Crippen LogP contribution >= 0.6 is 12.2 Å². The number of nitrogens with one attached hydrogen (secondary N) is 2. The maximum Gasteiger partial charge on any atom is 0.187 e. The number of anilines is 3. The van der Waals surface area contributed by atoms with E-state index in [4.69, 9.17) is 12.2 Å². The van der Waals surface area contributed by atoms with Crippen molar-refractivity contribution in [1.82, 2.24) is 10.7 Å². The van der Waals surface area contributed by atoms with Crippen LogP contribution in [0.4, 0.5) is 17.1 Å². The molecule has 0 spiro atoms. The molecule has 0 amide bonds. The molecule has 3 rings (SSSR count). The van der Waals surface area contributed by atoms with Crippen molar-refractivity contribution >= 4 is 40.6 Å². The van der Waals surface area contributed by atoms with E-state index in [1.165, 1.54) is 0 Å². The Bertz CT molecular complexity index is 867. The molecule has 142 valence electrons. The van der Waals surface area contributed by atoms with Gasteiger partial charge in [0.15, 0.2) is 5.11 Å². The molecule has 0 aliphatic carbocycles. The smallest absolute Gasteiger partial charge is 0.187 e. The molecule has 0 saturated carbocycles. The summed E-state index contributed by atoms with van der Waals surface area (Å²) in [6, 6.07) is 29.2. The van der Waals surface area contributed by atoms with Crippen molar-refractivity contribution in [3.8, 4) is 0 Å². The summed E-state index contributed by atoms with van der Waals surface area (Å²) in [5.74, 6) is 0. The highest BCUT2D eigenvalue weighted by molar-refractivity contribution is 7.80. The highest BCUT2D eigenvalue weighted by atomic mass is 32.1. The highest BCUT2D eigenvalue weighted by Crippen LogP contribution is 2.33. The van der Waals surface area contributed by atoms with E-state index in [9.17, 15) is 0 Å². The first-order valence-electron chi connectivity index (χ1n) is 9.23. The van der Waals surface area contributed by atoms with Crippen LogP contribution in [0.25, 0.3) is 0 Å². The summed E-state index contributed by atoms with van der Waals surface area (Å²) in [4.78, 5) is 2.22. The fourth-order valence-corrected chi connectivity index (χ4v) is 3.06. The second-order valence-corrected chi connectivity index (χ2v) is 7.00. The molecule has 2 N–H and O–H groups in total. The lowest BCUT2D eigenvalue weighted by Gasteiger charge is -2.25. The van der Waals surface area contributed by atoms with Crippen molar-refractivity contribution in [1.29, 1.82) is 0 Å². The minimum absolute atomic E-state index is 0.274. The van der Waals surface area contributed by atoms with Gasteiger partial charge in [-0.1, -0.05) is 48.5 Å². The molecule has 5 heteroatoms. The topological polar surface area (TPSA) is 39.7 Å². The molecule has 0 atom stereocenters. The Kier molecular flexibility index (Phi) is 6.76. The van der Waals surface area contributed by atoms with Crippen LogP contribution in [-0.4, -0.2) is 17.4 Å². The van der Waals surface area contributed by atoms with Gasteiger partial charge in [0.05, 0.1) is 6.21 Å². The first-order valence-corrected chi connectivity index (χ1v) is 9.64. The molecule has 28 heavy (non-hydrogen) atoms. The summed E-state index contributed by atoms with van der Waals surface area (Å²) in [6.07, 6.45) is 1.76. The van der Waals surface area contributed by atoms with Gasteiger partial charge in [0.2, 0.25) is 0 Å². The van der Waals surface area contributed by atoms with Gasteiger partial charge in [0.1, 0.15) is 0 Å². The van der Waals surface area contributed by atoms with Crippen molar-refractivity contribution < 1.29 is 0 Å². The van der Waals surface area contributed by atoms with Crippen LogP contribution in [0.5, 0.6) is 0 Å². The predicted octanol–water partition coefficient (Wildman–Crippen LogP) is 5.36. The van der Waals surface area contributed by atoms with E-state index in [-0.39, 0.29) is 6.04 Å². The van der Waals surface area contributed by atoms with E-state index in [1.54, 1.807) is 6.21 Å². The van der Waals surface area contributed by atoms with Crippen molar-refractivity contribution in [3.05, 3.63) is 90.5 Å². The maximum absolute atomic E-state index is 5.17. The number of para-hydroxylation sites is 2. The average Bonchev–Trinajstić information content (AvgIpc) is 2.70. The Labute approximate surface area is 171 Å². The number of rotatable bonds is 6. The molecule has 0 saturated heterocycles. The summed E-state index contributed by atoms with van der Waals surface area (Å²) in [7, 11) is 0. The lowest BCUT2D eigenvalue weighted by molar-refractivity contribution is 0.720. The third-order valence-electron chi connectivity index (χ3n) is 3.98. The normalized spacial score (nSPS) is 10.8. The fourth-order valence-electron chi connectivity index (χ4n) is 2.77. The second-order valence-electron chi connectivity index (χ2n) is 6.60. The van der Waals surface area contributed by atoms with Crippen LogP contribution in [0.15, 0.2) is 90.0 Å². The number of benzene rings is 3. The standard InChI is InChI=1S/C23H24N4S/c1-18(2)25-23(28)26-24-17-19-13-15-22(16-14-19)27(20-9-5-3-6-10-20)21-11-7-4-8-12-21/h3-18H,1-2H3,(H2,25,26,28)/b24-17-. The van der Waals surface area contributed by atoms with Crippen molar-refractivity contribution in [3.63, 3.8) is 0 Å². The van der Waals surface area contributed by atoms with Gasteiger partial charge >= 0.3 is 0 Å². The molecule has 0 aliphatic heterocycles. The first kappa shape index (κ1) is 19.6. The number of thiocarbonyl (C=S) groups is 1. The van der Waals surface area contributed by atoms with E-state index in [1.807, 2.05) is 62.4 Å². The molecular weight excluding hydrogens is 364 g/mol. The quantitative estimate of drug-likeness (QED) is 0.339. The number of hydrazone groups is 1. The Morgan fingerprint density at radius 3 is 1.82 bits per heavy atom. The van der Waals surface area contributed by atoms with E-state index < -0.39 is 0 Å². The summed E-state index contributed by atoms with van der Waals surface area (Å²) in [5, 5.41) is 7.80. The van der Waals surface area contributed by atoms with Gasteiger partial charge in [0.25, 0.3) is 0 Å². The molecule has 0 fully saturated rings. The van der Waals surface area contributed by atoms with Gasteiger partial charge in [-0.25, -0.2) is 0 Å². The third-order valence-corrected chi connectivity index (χ3v) is 4.19. The van der Waals surface area contributed by atoms with Crippen LogP contribution < -0.4 is 15.6 Å². The van der Waals surface area contributed by atoms with E-state index in [2.05, 4.69) is 57.1 Å². The third kappa shape index (κ3) is 5.41. The van der Waals surface area contributed by atoms with Crippen molar-refractivity contribution in [2.75, 3.05) is 4.90 Å². The Hall–Kier alpha value is -3.18. The molecule has 0 radical (unpaired) electrons. The van der Waals surface area contributed by atoms with Gasteiger partial charge in [-0.15, -0.1) is 0 Å². The van der Waals surface area contributed by atoms with Gasteiger partial charge in [-0.05, 0) is 68.0 Å². The largest absolute Gasteiger partial charge is 0.359 e. The lowest BCUT2D eigenvalue weighted by Crippen LogP contribution is -2.36. The minimum atomic E-state index is 0.274.